The van der Waals surface area contributed by atoms with E-state index in [1.54, 1.807) is 4.90 Å². The molecule has 6 heteroatoms. The van der Waals surface area contributed by atoms with Crippen LogP contribution in [-0.2, 0) is 9.53 Å². The molecule has 0 saturated carbocycles. The Kier molecular flexibility index (Phi) is 9.82. The number of rotatable bonds is 9. The molecule has 0 aromatic carbocycles. The Hall–Kier alpha value is -0.230. The van der Waals surface area contributed by atoms with E-state index in [2.05, 4.69) is 20.7 Å². The van der Waals surface area contributed by atoms with Crippen molar-refractivity contribution in [1.29, 1.82) is 0 Å². The summed E-state index contributed by atoms with van der Waals surface area (Å²) in [5.74, 6) is -0.0458. The molecule has 0 rings (SSSR count). The van der Waals surface area contributed by atoms with Gasteiger partial charge in [0, 0.05) is 18.4 Å². The highest BCUT2D eigenvalue weighted by atomic mass is 79.9. The molecular formula is C10H18BrF2NO2. The van der Waals surface area contributed by atoms with Crippen LogP contribution in [0.1, 0.15) is 19.8 Å². The van der Waals surface area contributed by atoms with Crippen LogP contribution < -0.4 is 0 Å². The molecule has 16 heavy (non-hydrogen) atoms. The van der Waals surface area contributed by atoms with E-state index in [4.69, 9.17) is 0 Å². The first-order chi connectivity index (χ1) is 7.61. The third-order valence-electron chi connectivity index (χ3n) is 1.90. The smallest absolute Gasteiger partial charge is 0.261 e. The Balaban J connectivity index is 3.73. The second-order valence-corrected chi connectivity index (χ2v) is 4.08. The maximum atomic E-state index is 11.7. The highest BCUT2D eigenvalue weighted by molar-refractivity contribution is 9.09. The van der Waals surface area contributed by atoms with Crippen LogP contribution in [-0.4, -0.2) is 48.9 Å². The second-order valence-electron chi connectivity index (χ2n) is 3.29. The van der Waals surface area contributed by atoms with Gasteiger partial charge in [-0.05, 0) is 6.42 Å². The number of carbonyl (C=O) groups excluding carboxylic acids is 1. The normalized spacial score (nSPS) is 10.8. The van der Waals surface area contributed by atoms with E-state index in [1.807, 2.05) is 6.92 Å². The summed E-state index contributed by atoms with van der Waals surface area (Å²) >= 11 is 3.26. The van der Waals surface area contributed by atoms with Crippen molar-refractivity contribution in [2.24, 2.45) is 0 Å². The molecule has 0 bridgehead atoms. The van der Waals surface area contributed by atoms with Crippen LogP contribution in [0.2, 0.25) is 0 Å². The summed E-state index contributed by atoms with van der Waals surface area (Å²) in [6.07, 6.45) is -1.42. The summed E-state index contributed by atoms with van der Waals surface area (Å²) in [7, 11) is 0. The largest absolute Gasteiger partial charge is 0.375 e. The van der Waals surface area contributed by atoms with E-state index in [1.165, 1.54) is 0 Å². The Morgan fingerprint density at radius 2 is 2.12 bits per heavy atom. The Morgan fingerprint density at radius 1 is 1.44 bits per heavy atom. The van der Waals surface area contributed by atoms with E-state index in [0.717, 1.165) is 11.8 Å². The van der Waals surface area contributed by atoms with Crippen molar-refractivity contribution in [3.8, 4) is 0 Å². The molecule has 0 atom stereocenters. The number of hydrogen-bond donors (Lipinski definition) is 0. The fourth-order valence-corrected chi connectivity index (χ4v) is 1.65. The van der Waals surface area contributed by atoms with Gasteiger partial charge in [0.2, 0.25) is 5.91 Å². The van der Waals surface area contributed by atoms with Gasteiger partial charge in [0.1, 0.15) is 6.61 Å². The van der Waals surface area contributed by atoms with Crippen molar-refractivity contribution in [1.82, 2.24) is 4.90 Å². The van der Waals surface area contributed by atoms with Crippen molar-refractivity contribution in [2.45, 2.75) is 26.2 Å². The molecule has 0 radical (unpaired) electrons. The monoisotopic (exact) mass is 301 g/mol. The molecule has 0 aliphatic rings. The Labute approximate surface area is 103 Å². The Morgan fingerprint density at radius 3 is 2.62 bits per heavy atom. The zero-order valence-corrected chi connectivity index (χ0v) is 11.0. The van der Waals surface area contributed by atoms with Crippen LogP contribution in [0, 0.1) is 0 Å². The van der Waals surface area contributed by atoms with E-state index in [9.17, 15) is 13.6 Å². The molecule has 0 aromatic rings. The van der Waals surface area contributed by atoms with Crippen LogP contribution >= 0.6 is 15.9 Å². The van der Waals surface area contributed by atoms with Gasteiger partial charge in [-0.15, -0.1) is 0 Å². The van der Waals surface area contributed by atoms with Gasteiger partial charge >= 0.3 is 0 Å². The van der Waals surface area contributed by atoms with Crippen molar-refractivity contribution in [3.05, 3.63) is 0 Å². The van der Waals surface area contributed by atoms with Crippen LogP contribution in [0.25, 0.3) is 0 Å². The quantitative estimate of drug-likeness (QED) is 0.483. The van der Waals surface area contributed by atoms with Crippen molar-refractivity contribution in [2.75, 3.05) is 31.6 Å². The van der Waals surface area contributed by atoms with Gasteiger partial charge in [-0.3, -0.25) is 4.79 Å². The number of alkyl halides is 3. The lowest BCUT2D eigenvalue weighted by molar-refractivity contribution is -0.132. The summed E-state index contributed by atoms with van der Waals surface area (Å²) in [4.78, 5) is 13.3. The van der Waals surface area contributed by atoms with Crippen molar-refractivity contribution < 1.29 is 18.3 Å². The Bertz CT molecular complexity index is 188. The maximum Gasteiger partial charge on any atom is 0.261 e. The molecule has 3 nitrogen and oxygen atoms in total. The van der Waals surface area contributed by atoms with Crippen molar-refractivity contribution >= 4 is 21.8 Å². The highest BCUT2D eigenvalue weighted by Crippen LogP contribution is 2.00. The molecule has 0 unspecified atom stereocenters. The molecule has 0 saturated heterocycles. The lowest BCUT2D eigenvalue weighted by Crippen LogP contribution is -2.34. The lowest BCUT2D eigenvalue weighted by atomic mass is 10.3. The molecule has 0 spiro atoms. The zero-order valence-electron chi connectivity index (χ0n) is 9.42. The molecule has 0 fully saturated rings. The average Bonchev–Trinajstić information content (AvgIpc) is 2.23. The van der Waals surface area contributed by atoms with E-state index >= 15 is 0 Å². The highest BCUT2D eigenvalue weighted by Gasteiger charge is 2.11. The zero-order chi connectivity index (χ0) is 12.4. The first-order valence-corrected chi connectivity index (χ1v) is 6.43. The molecule has 0 aromatic heterocycles. The van der Waals surface area contributed by atoms with Gasteiger partial charge in [-0.1, -0.05) is 22.9 Å². The molecule has 0 heterocycles. The van der Waals surface area contributed by atoms with Crippen LogP contribution in [0.4, 0.5) is 8.78 Å². The second kappa shape index (κ2) is 9.96. The number of carbonyl (C=O) groups is 1. The lowest BCUT2D eigenvalue weighted by Gasteiger charge is -2.20. The van der Waals surface area contributed by atoms with E-state index < -0.39 is 13.0 Å². The first-order valence-electron chi connectivity index (χ1n) is 5.31. The van der Waals surface area contributed by atoms with Crippen molar-refractivity contribution in [3.63, 3.8) is 0 Å². The summed E-state index contributed by atoms with van der Waals surface area (Å²) in [6, 6.07) is 0. The average molecular weight is 302 g/mol. The molecule has 0 N–H and O–H groups in total. The van der Waals surface area contributed by atoms with Gasteiger partial charge in [0.05, 0.1) is 13.0 Å². The molecule has 0 aliphatic carbocycles. The number of ether oxygens (including phenoxy) is 1. The third-order valence-corrected chi connectivity index (χ3v) is 2.26. The summed E-state index contributed by atoms with van der Waals surface area (Å²) in [6.45, 7) is 2.79. The topological polar surface area (TPSA) is 29.5 Å². The number of nitrogens with zero attached hydrogens (tertiary/aromatic N) is 1. The summed E-state index contributed by atoms with van der Waals surface area (Å²) < 4.78 is 28.1. The van der Waals surface area contributed by atoms with Crippen LogP contribution in [0.3, 0.4) is 0 Å². The molecule has 96 valence electrons. The van der Waals surface area contributed by atoms with Gasteiger partial charge in [0.15, 0.2) is 0 Å². The standard InChI is InChI=1S/C10H18BrF2NO2/c1-2-5-14(6-4-11)10(15)3-7-16-8-9(12)13/h9H,2-8H2,1H3. The third kappa shape index (κ3) is 7.98. The molecule has 0 aliphatic heterocycles. The van der Waals surface area contributed by atoms with Gasteiger partial charge in [0.25, 0.3) is 6.43 Å². The predicted molar refractivity (Wildman–Crippen MR) is 62.1 cm³/mol. The first kappa shape index (κ1) is 15.8. The summed E-state index contributed by atoms with van der Waals surface area (Å²) in [5.41, 5.74) is 0. The fraction of sp³-hybridized carbons (Fsp3) is 0.900. The number of amides is 1. The SMILES string of the molecule is CCCN(CCBr)C(=O)CCOCC(F)F. The van der Waals surface area contributed by atoms with Gasteiger partial charge in [-0.2, -0.15) is 0 Å². The van der Waals surface area contributed by atoms with Crippen LogP contribution in [0.15, 0.2) is 0 Å². The number of halogens is 3. The minimum absolute atomic E-state index is 0.0458. The van der Waals surface area contributed by atoms with Gasteiger partial charge in [-0.25, -0.2) is 8.78 Å². The minimum Gasteiger partial charge on any atom is -0.375 e. The minimum atomic E-state index is -2.47. The summed E-state index contributed by atoms with van der Waals surface area (Å²) in [5, 5.41) is 0.719. The van der Waals surface area contributed by atoms with Crippen LogP contribution in [0.5, 0.6) is 0 Å². The molecular weight excluding hydrogens is 284 g/mol. The predicted octanol–water partition coefficient (Wildman–Crippen LogP) is 2.29. The van der Waals surface area contributed by atoms with Gasteiger partial charge < -0.3 is 9.64 Å². The van der Waals surface area contributed by atoms with E-state index in [-0.39, 0.29) is 18.9 Å². The fourth-order valence-electron chi connectivity index (χ4n) is 1.22. The number of hydrogen-bond acceptors (Lipinski definition) is 2. The molecule has 1 amide bonds. The maximum absolute atomic E-state index is 11.7. The van der Waals surface area contributed by atoms with E-state index in [0.29, 0.717) is 13.1 Å².